The number of aromatic carboxylic acids is 1. The summed E-state index contributed by atoms with van der Waals surface area (Å²) in [6.07, 6.45) is 1.48. The Bertz CT molecular complexity index is 625. The molecule has 1 aromatic carbocycles. The van der Waals surface area contributed by atoms with Gasteiger partial charge in [0.25, 0.3) is 0 Å². The first-order valence-electron chi connectivity index (χ1n) is 5.71. The third kappa shape index (κ3) is 3.08. The summed E-state index contributed by atoms with van der Waals surface area (Å²) in [6.45, 7) is 1.98. The fourth-order valence-electron chi connectivity index (χ4n) is 1.70. The van der Waals surface area contributed by atoms with Gasteiger partial charge in [-0.05, 0) is 24.6 Å². The first kappa shape index (κ1) is 14.3. The third-order valence-corrected chi connectivity index (χ3v) is 4.22. The summed E-state index contributed by atoms with van der Waals surface area (Å²) < 4.78 is 0. The molecule has 2 rings (SSSR count). The number of carboxylic acids is 1. The lowest BCUT2D eigenvalue weighted by atomic mass is 10.2. The topological polar surface area (TPSA) is 50.2 Å². The number of thiazole rings is 1. The van der Waals surface area contributed by atoms with Gasteiger partial charge >= 0.3 is 5.97 Å². The van der Waals surface area contributed by atoms with Crippen LogP contribution in [-0.2, 0) is 6.42 Å². The van der Waals surface area contributed by atoms with Crippen LogP contribution >= 0.6 is 34.5 Å². The lowest BCUT2D eigenvalue weighted by Gasteiger charge is -2.00. The number of hydrogen-bond acceptors (Lipinski definition) is 3. The van der Waals surface area contributed by atoms with Gasteiger partial charge in [-0.1, -0.05) is 36.5 Å². The Morgan fingerprint density at radius 3 is 2.79 bits per heavy atom. The highest BCUT2D eigenvalue weighted by atomic mass is 35.5. The Balaban J connectivity index is 2.53. The Morgan fingerprint density at radius 1 is 1.42 bits per heavy atom. The van der Waals surface area contributed by atoms with Gasteiger partial charge in [-0.2, -0.15) is 0 Å². The highest BCUT2D eigenvalue weighted by Gasteiger charge is 2.18. The van der Waals surface area contributed by atoms with Crippen LogP contribution in [0, 0.1) is 0 Å². The molecule has 1 aromatic heterocycles. The average molecular weight is 316 g/mol. The maximum absolute atomic E-state index is 11.2. The van der Waals surface area contributed by atoms with Crippen LogP contribution in [0.15, 0.2) is 18.2 Å². The summed E-state index contributed by atoms with van der Waals surface area (Å²) in [7, 11) is 0. The van der Waals surface area contributed by atoms with Crippen molar-refractivity contribution in [2.24, 2.45) is 0 Å². The van der Waals surface area contributed by atoms with E-state index in [0.717, 1.165) is 17.8 Å². The molecule has 0 unspecified atom stereocenters. The van der Waals surface area contributed by atoms with Crippen LogP contribution in [0.2, 0.25) is 10.0 Å². The minimum absolute atomic E-state index is 0.271. The SMILES string of the molecule is CCCc1nc(-c2cc(Cl)ccc2Cl)sc1C(=O)O. The summed E-state index contributed by atoms with van der Waals surface area (Å²) >= 11 is 13.2. The lowest BCUT2D eigenvalue weighted by Crippen LogP contribution is -1.98. The maximum atomic E-state index is 11.2. The number of aryl methyl sites for hydroxylation is 1. The molecular formula is C13H11Cl2NO2S. The molecule has 0 bridgehead atoms. The van der Waals surface area contributed by atoms with Crippen LogP contribution in [0.1, 0.15) is 28.7 Å². The van der Waals surface area contributed by atoms with E-state index in [1.54, 1.807) is 18.2 Å². The minimum Gasteiger partial charge on any atom is -0.477 e. The fourth-order valence-corrected chi connectivity index (χ4v) is 3.12. The van der Waals surface area contributed by atoms with Crippen molar-refractivity contribution in [2.75, 3.05) is 0 Å². The Kier molecular flexibility index (Phi) is 4.45. The third-order valence-electron chi connectivity index (χ3n) is 2.54. The molecule has 0 aliphatic rings. The standard InChI is InChI=1S/C13H11Cl2NO2S/c1-2-3-10-11(13(17)18)19-12(16-10)8-6-7(14)4-5-9(8)15/h4-6H,2-3H2,1H3,(H,17,18). The molecule has 1 heterocycles. The fraction of sp³-hybridized carbons (Fsp3) is 0.231. The highest BCUT2D eigenvalue weighted by Crippen LogP contribution is 2.35. The molecule has 0 fully saturated rings. The summed E-state index contributed by atoms with van der Waals surface area (Å²) in [4.78, 5) is 15.9. The van der Waals surface area contributed by atoms with Gasteiger partial charge in [-0.25, -0.2) is 9.78 Å². The second-order valence-electron chi connectivity index (χ2n) is 3.97. The van der Waals surface area contributed by atoms with E-state index in [0.29, 0.717) is 32.7 Å². The minimum atomic E-state index is -0.953. The number of halogens is 2. The molecule has 0 spiro atoms. The van der Waals surface area contributed by atoms with E-state index in [2.05, 4.69) is 4.98 Å². The zero-order valence-electron chi connectivity index (χ0n) is 10.1. The molecule has 1 N–H and O–H groups in total. The predicted octanol–water partition coefficient (Wildman–Crippen LogP) is 4.77. The summed E-state index contributed by atoms with van der Waals surface area (Å²) in [5.74, 6) is -0.953. The molecule has 0 saturated carbocycles. The average Bonchev–Trinajstić information content (AvgIpc) is 2.77. The van der Waals surface area contributed by atoms with Gasteiger partial charge in [0.1, 0.15) is 9.88 Å². The number of aromatic nitrogens is 1. The van der Waals surface area contributed by atoms with Crippen LogP contribution in [0.4, 0.5) is 0 Å². The lowest BCUT2D eigenvalue weighted by molar-refractivity contribution is 0.0700. The van der Waals surface area contributed by atoms with E-state index < -0.39 is 5.97 Å². The van der Waals surface area contributed by atoms with Gasteiger partial charge in [-0.3, -0.25) is 0 Å². The van der Waals surface area contributed by atoms with Crippen molar-refractivity contribution in [3.8, 4) is 10.6 Å². The van der Waals surface area contributed by atoms with E-state index in [1.165, 1.54) is 0 Å². The van der Waals surface area contributed by atoms with E-state index in [1.807, 2.05) is 6.92 Å². The van der Waals surface area contributed by atoms with Gasteiger partial charge in [0.15, 0.2) is 0 Å². The van der Waals surface area contributed by atoms with Crippen LogP contribution in [0.25, 0.3) is 10.6 Å². The van der Waals surface area contributed by atoms with Crippen molar-refractivity contribution < 1.29 is 9.90 Å². The molecule has 19 heavy (non-hydrogen) atoms. The monoisotopic (exact) mass is 315 g/mol. The van der Waals surface area contributed by atoms with Crippen molar-refractivity contribution in [2.45, 2.75) is 19.8 Å². The van der Waals surface area contributed by atoms with Gasteiger partial charge in [0, 0.05) is 10.6 Å². The molecule has 0 amide bonds. The van der Waals surface area contributed by atoms with E-state index in [9.17, 15) is 9.90 Å². The molecule has 2 aromatic rings. The Morgan fingerprint density at radius 2 is 2.16 bits per heavy atom. The molecule has 0 atom stereocenters. The van der Waals surface area contributed by atoms with E-state index >= 15 is 0 Å². The number of hydrogen-bond donors (Lipinski definition) is 1. The van der Waals surface area contributed by atoms with Crippen LogP contribution in [0.3, 0.4) is 0 Å². The predicted molar refractivity (Wildman–Crippen MR) is 78.5 cm³/mol. The molecule has 0 radical (unpaired) electrons. The first-order chi connectivity index (χ1) is 9.02. The van der Waals surface area contributed by atoms with Gasteiger partial charge in [0.2, 0.25) is 0 Å². The van der Waals surface area contributed by atoms with Crippen molar-refractivity contribution >= 4 is 40.5 Å². The largest absolute Gasteiger partial charge is 0.477 e. The van der Waals surface area contributed by atoms with Gasteiger partial charge in [0.05, 0.1) is 10.7 Å². The Labute approximate surface area is 124 Å². The maximum Gasteiger partial charge on any atom is 0.347 e. The van der Waals surface area contributed by atoms with Crippen LogP contribution < -0.4 is 0 Å². The molecule has 6 heteroatoms. The van der Waals surface area contributed by atoms with Crippen molar-refractivity contribution in [3.05, 3.63) is 38.8 Å². The zero-order valence-corrected chi connectivity index (χ0v) is 12.4. The second kappa shape index (κ2) is 5.90. The summed E-state index contributed by atoms with van der Waals surface area (Å²) in [5.41, 5.74) is 1.27. The number of nitrogens with zero attached hydrogens (tertiary/aromatic N) is 1. The van der Waals surface area contributed by atoms with Crippen molar-refractivity contribution in [3.63, 3.8) is 0 Å². The number of rotatable bonds is 4. The molecule has 0 aliphatic carbocycles. The van der Waals surface area contributed by atoms with E-state index in [4.69, 9.17) is 23.2 Å². The van der Waals surface area contributed by atoms with E-state index in [-0.39, 0.29) is 4.88 Å². The summed E-state index contributed by atoms with van der Waals surface area (Å²) in [5, 5.41) is 10.8. The highest BCUT2D eigenvalue weighted by molar-refractivity contribution is 7.17. The van der Waals surface area contributed by atoms with Crippen LogP contribution in [0.5, 0.6) is 0 Å². The number of benzene rings is 1. The molecule has 0 aliphatic heterocycles. The smallest absolute Gasteiger partial charge is 0.347 e. The Hall–Kier alpha value is -1.10. The zero-order chi connectivity index (χ0) is 14.0. The first-order valence-corrected chi connectivity index (χ1v) is 7.28. The molecule has 100 valence electrons. The van der Waals surface area contributed by atoms with Gasteiger partial charge < -0.3 is 5.11 Å². The van der Waals surface area contributed by atoms with Gasteiger partial charge in [-0.15, -0.1) is 11.3 Å². The summed E-state index contributed by atoms with van der Waals surface area (Å²) in [6, 6.07) is 5.07. The number of carbonyl (C=O) groups is 1. The normalized spacial score (nSPS) is 10.7. The molecule has 0 saturated heterocycles. The van der Waals surface area contributed by atoms with Crippen molar-refractivity contribution in [1.29, 1.82) is 0 Å². The molecule has 3 nitrogen and oxygen atoms in total. The number of carboxylic acid groups (broad SMARTS) is 1. The second-order valence-corrected chi connectivity index (χ2v) is 5.82. The van der Waals surface area contributed by atoms with Crippen molar-refractivity contribution in [1.82, 2.24) is 4.98 Å². The van der Waals surface area contributed by atoms with Crippen LogP contribution in [-0.4, -0.2) is 16.1 Å². The molecular weight excluding hydrogens is 305 g/mol. The quantitative estimate of drug-likeness (QED) is 0.884.